The van der Waals surface area contributed by atoms with Crippen LogP contribution in [0.25, 0.3) is 0 Å². The van der Waals surface area contributed by atoms with E-state index in [4.69, 9.17) is 4.74 Å². The number of esters is 1. The molecule has 0 aromatic heterocycles. The van der Waals surface area contributed by atoms with Crippen LogP contribution in [0.2, 0.25) is 0 Å². The van der Waals surface area contributed by atoms with E-state index in [-0.39, 0.29) is 11.6 Å². The van der Waals surface area contributed by atoms with Crippen LogP contribution in [0.3, 0.4) is 0 Å². The summed E-state index contributed by atoms with van der Waals surface area (Å²) in [4.78, 5) is 11.8. The number of ether oxygens (including phenoxy) is 1. The zero-order valence-electron chi connectivity index (χ0n) is 13.6. The Bertz CT molecular complexity index is 225. The molecule has 0 saturated heterocycles. The fourth-order valence-electron chi connectivity index (χ4n) is 2.38. The molecule has 1 unspecified atom stereocenters. The van der Waals surface area contributed by atoms with Gasteiger partial charge in [-0.2, -0.15) is 0 Å². The molecule has 114 valence electrons. The third-order valence-corrected chi connectivity index (χ3v) is 3.87. The van der Waals surface area contributed by atoms with Gasteiger partial charge in [0.25, 0.3) is 0 Å². The number of carbonyl (C=O) groups is 1. The summed E-state index contributed by atoms with van der Waals surface area (Å²) in [5, 5.41) is 0. The van der Waals surface area contributed by atoms with E-state index in [0.29, 0.717) is 6.42 Å². The molecule has 0 fully saturated rings. The Kier molecular flexibility index (Phi) is 11.0. The van der Waals surface area contributed by atoms with Gasteiger partial charge >= 0.3 is 5.97 Å². The summed E-state index contributed by atoms with van der Waals surface area (Å²) in [6.45, 7) is 8.52. The lowest BCUT2D eigenvalue weighted by Gasteiger charge is -2.28. The standard InChI is InChI=1S/C17H34O2/c1-5-8-9-10-11-12-13-14-16(18)19-17(4,7-3)15-6-2/h5-15H2,1-4H3. The molecule has 0 saturated carbocycles. The average Bonchev–Trinajstić information content (AvgIpc) is 2.38. The highest BCUT2D eigenvalue weighted by Gasteiger charge is 2.25. The highest BCUT2D eigenvalue weighted by atomic mass is 16.6. The molecule has 2 nitrogen and oxygen atoms in total. The van der Waals surface area contributed by atoms with Gasteiger partial charge in [0.15, 0.2) is 0 Å². The summed E-state index contributed by atoms with van der Waals surface area (Å²) in [7, 11) is 0. The molecule has 0 N–H and O–H groups in total. The maximum Gasteiger partial charge on any atom is 0.306 e. The average molecular weight is 270 g/mol. The third kappa shape index (κ3) is 9.98. The molecule has 0 aromatic rings. The summed E-state index contributed by atoms with van der Waals surface area (Å²) in [5.41, 5.74) is -0.243. The van der Waals surface area contributed by atoms with Crippen LogP contribution < -0.4 is 0 Å². The minimum Gasteiger partial charge on any atom is -0.459 e. The lowest BCUT2D eigenvalue weighted by Crippen LogP contribution is -2.30. The van der Waals surface area contributed by atoms with Crippen molar-refractivity contribution in [2.75, 3.05) is 0 Å². The maximum atomic E-state index is 11.8. The number of hydrogen-bond donors (Lipinski definition) is 0. The molecule has 0 aliphatic heterocycles. The fourth-order valence-corrected chi connectivity index (χ4v) is 2.38. The van der Waals surface area contributed by atoms with Gasteiger partial charge in [-0.15, -0.1) is 0 Å². The zero-order chi connectivity index (χ0) is 14.6. The Morgan fingerprint density at radius 3 is 2.00 bits per heavy atom. The summed E-state index contributed by atoms with van der Waals surface area (Å²) < 4.78 is 5.63. The second kappa shape index (κ2) is 11.3. The largest absolute Gasteiger partial charge is 0.459 e. The molecular weight excluding hydrogens is 236 g/mol. The van der Waals surface area contributed by atoms with Crippen LogP contribution in [0, 0.1) is 0 Å². The van der Waals surface area contributed by atoms with Crippen LogP contribution in [-0.2, 0) is 9.53 Å². The fraction of sp³-hybridized carbons (Fsp3) is 0.941. The molecular formula is C17H34O2. The second-order valence-electron chi connectivity index (χ2n) is 5.90. The minimum atomic E-state index is -0.243. The molecule has 0 aliphatic carbocycles. The molecule has 19 heavy (non-hydrogen) atoms. The second-order valence-corrected chi connectivity index (χ2v) is 5.90. The van der Waals surface area contributed by atoms with E-state index in [1.165, 1.54) is 32.1 Å². The van der Waals surface area contributed by atoms with Gasteiger partial charge in [-0.05, 0) is 26.2 Å². The smallest absolute Gasteiger partial charge is 0.306 e. The van der Waals surface area contributed by atoms with E-state index < -0.39 is 0 Å². The molecule has 0 bridgehead atoms. The van der Waals surface area contributed by atoms with Gasteiger partial charge in [-0.3, -0.25) is 4.79 Å². The van der Waals surface area contributed by atoms with Crippen molar-refractivity contribution in [1.82, 2.24) is 0 Å². The zero-order valence-corrected chi connectivity index (χ0v) is 13.6. The molecule has 0 heterocycles. The maximum absolute atomic E-state index is 11.8. The Hall–Kier alpha value is -0.530. The van der Waals surface area contributed by atoms with Gasteiger partial charge in [-0.25, -0.2) is 0 Å². The quantitative estimate of drug-likeness (QED) is 0.339. The third-order valence-electron chi connectivity index (χ3n) is 3.87. The molecule has 1 atom stereocenters. The molecule has 0 spiro atoms. The van der Waals surface area contributed by atoms with Crippen LogP contribution in [0.1, 0.15) is 98.3 Å². The van der Waals surface area contributed by atoms with Crippen LogP contribution in [0.15, 0.2) is 0 Å². The first-order chi connectivity index (χ1) is 9.08. The van der Waals surface area contributed by atoms with Crippen molar-refractivity contribution in [2.24, 2.45) is 0 Å². The van der Waals surface area contributed by atoms with Gasteiger partial charge < -0.3 is 4.74 Å². The van der Waals surface area contributed by atoms with Crippen molar-refractivity contribution in [1.29, 1.82) is 0 Å². The molecule has 0 rings (SSSR count). The van der Waals surface area contributed by atoms with Crippen LogP contribution in [0.4, 0.5) is 0 Å². The highest BCUT2D eigenvalue weighted by molar-refractivity contribution is 5.69. The van der Waals surface area contributed by atoms with Crippen molar-refractivity contribution in [3.05, 3.63) is 0 Å². The Morgan fingerprint density at radius 1 is 0.895 bits per heavy atom. The van der Waals surface area contributed by atoms with Crippen molar-refractivity contribution < 1.29 is 9.53 Å². The van der Waals surface area contributed by atoms with Crippen molar-refractivity contribution in [3.8, 4) is 0 Å². The van der Waals surface area contributed by atoms with E-state index >= 15 is 0 Å². The predicted octanol–water partition coefficient (Wildman–Crippen LogP) is 5.64. The number of rotatable bonds is 12. The van der Waals surface area contributed by atoms with Crippen molar-refractivity contribution in [3.63, 3.8) is 0 Å². The van der Waals surface area contributed by atoms with Crippen LogP contribution in [0.5, 0.6) is 0 Å². The Labute approximate surface area is 120 Å². The van der Waals surface area contributed by atoms with E-state index in [2.05, 4.69) is 27.7 Å². The number of unbranched alkanes of at least 4 members (excludes halogenated alkanes) is 6. The van der Waals surface area contributed by atoms with Gasteiger partial charge in [0, 0.05) is 6.42 Å². The van der Waals surface area contributed by atoms with Gasteiger partial charge in [0.2, 0.25) is 0 Å². The first-order valence-corrected chi connectivity index (χ1v) is 8.29. The first-order valence-electron chi connectivity index (χ1n) is 8.29. The van der Waals surface area contributed by atoms with Crippen molar-refractivity contribution in [2.45, 2.75) is 104 Å². The molecule has 2 heteroatoms. The van der Waals surface area contributed by atoms with Crippen LogP contribution in [-0.4, -0.2) is 11.6 Å². The molecule has 0 aromatic carbocycles. The van der Waals surface area contributed by atoms with E-state index in [9.17, 15) is 4.79 Å². The monoisotopic (exact) mass is 270 g/mol. The summed E-state index contributed by atoms with van der Waals surface area (Å²) in [6.07, 6.45) is 12.2. The van der Waals surface area contributed by atoms with E-state index in [0.717, 1.165) is 32.1 Å². The summed E-state index contributed by atoms with van der Waals surface area (Å²) >= 11 is 0. The predicted molar refractivity (Wildman–Crippen MR) is 82.3 cm³/mol. The van der Waals surface area contributed by atoms with E-state index in [1.54, 1.807) is 0 Å². The first kappa shape index (κ1) is 18.5. The summed E-state index contributed by atoms with van der Waals surface area (Å²) in [5.74, 6) is -0.00800. The van der Waals surface area contributed by atoms with Crippen LogP contribution >= 0.6 is 0 Å². The van der Waals surface area contributed by atoms with Gasteiger partial charge in [0.1, 0.15) is 5.60 Å². The topological polar surface area (TPSA) is 26.3 Å². The number of carbonyl (C=O) groups excluding carboxylic acids is 1. The molecule has 0 aliphatic rings. The Morgan fingerprint density at radius 2 is 1.47 bits per heavy atom. The number of hydrogen-bond acceptors (Lipinski definition) is 2. The van der Waals surface area contributed by atoms with E-state index in [1.807, 2.05) is 0 Å². The molecule has 0 amide bonds. The minimum absolute atomic E-state index is 0.00800. The lowest BCUT2D eigenvalue weighted by atomic mass is 9.97. The SMILES string of the molecule is CCCCCCCCCC(=O)OC(C)(CC)CCC. The van der Waals surface area contributed by atoms with Crippen molar-refractivity contribution >= 4 is 5.97 Å². The molecule has 0 radical (unpaired) electrons. The normalized spacial score (nSPS) is 14.1. The highest BCUT2D eigenvalue weighted by Crippen LogP contribution is 2.22. The summed E-state index contributed by atoms with van der Waals surface area (Å²) in [6, 6.07) is 0. The van der Waals surface area contributed by atoms with Gasteiger partial charge in [-0.1, -0.05) is 65.7 Å². The Balaban J connectivity index is 3.63. The van der Waals surface area contributed by atoms with Gasteiger partial charge in [0.05, 0.1) is 0 Å². The lowest BCUT2D eigenvalue weighted by molar-refractivity contribution is -0.159.